The third-order valence-electron chi connectivity index (χ3n) is 2.61. The first-order valence-electron chi connectivity index (χ1n) is 6.29. The van der Waals surface area contributed by atoms with Crippen molar-refractivity contribution in [2.45, 2.75) is 32.2 Å². The third-order valence-corrected chi connectivity index (χ3v) is 2.61. The van der Waals surface area contributed by atoms with E-state index in [4.69, 9.17) is 5.11 Å². The molecule has 0 aliphatic heterocycles. The van der Waals surface area contributed by atoms with E-state index in [-0.39, 0.29) is 25.3 Å². The van der Waals surface area contributed by atoms with Crippen molar-refractivity contribution in [1.82, 2.24) is 20.6 Å². The summed E-state index contributed by atoms with van der Waals surface area (Å²) < 4.78 is 0. The molecule has 2 amide bonds. The molecule has 20 heavy (non-hydrogen) atoms. The molecule has 1 aromatic heterocycles. The third kappa shape index (κ3) is 5.51. The maximum absolute atomic E-state index is 11.6. The molecule has 0 fully saturated rings. The van der Waals surface area contributed by atoms with Gasteiger partial charge in [-0.15, -0.1) is 0 Å². The Balaban J connectivity index is 2.39. The summed E-state index contributed by atoms with van der Waals surface area (Å²) in [4.78, 5) is 40.2. The van der Waals surface area contributed by atoms with Crippen LogP contribution < -0.4 is 10.6 Å². The highest BCUT2D eigenvalue weighted by molar-refractivity contribution is 5.84. The lowest BCUT2D eigenvalue weighted by molar-refractivity contribution is -0.141. The van der Waals surface area contributed by atoms with Crippen LogP contribution in [-0.2, 0) is 20.8 Å². The van der Waals surface area contributed by atoms with E-state index in [1.807, 2.05) is 0 Å². The number of carbonyl (C=O) groups is 3. The molecule has 1 rings (SSSR count). The number of aromatic amines is 1. The van der Waals surface area contributed by atoms with Crippen LogP contribution in [0.4, 0.5) is 0 Å². The number of amides is 2. The Kier molecular flexibility index (Phi) is 6.21. The number of aromatic nitrogens is 2. The second kappa shape index (κ2) is 7.93. The average Bonchev–Trinajstić information content (AvgIpc) is 2.90. The van der Waals surface area contributed by atoms with E-state index in [9.17, 15) is 14.4 Å². The molecular formula is C12H18N4O4. The number of carboxylic acids is 1. The average molecular weight is 282 g/mol. The van der Waals surface area contributed by atoms with Crippen molar-refractivity contribution in [3.8, 4) is 0 Å². The summed E-state index contributed by atoms with van der Waals surface area (Å²) in [6.45, 7) is 1.90. The molecule has 110 valence electrons. The van der Waals surface area contributed by atoms with E-state index in [1.54, 1.807) is 6.92 Å². The minimum absolute atomic E-state index is 0.0402. The summed E-state index contributed by atoms with van der Waals surface area (Å²) in [6.07, 6.45) is 3.46. The lowest BCUT2D eigenvalue weighted by atomic mass is 10.1. The minimum Gasteiger partial charge on any atom is -0.480 e. The molecule has 8 nitrogen and oxygen atoms in total. The Hall–Kier alpha value is -2.38. The zero-order valence-corrected chi connectivity index (χ0v) is 11.2. The summed E-state index contributed by atoms with van der Waals surface area (Å²) >= 11 is 0. The van der Waals surface area contributed by atoms with Crippen molar-refractivity contribution < 1.29 is 19.5 Å². The van der Waals surface area contributed by atoms with E-state index in [1.165, 1.54) is 12.5 Å². The predicted octanol–water partition coefficient (Wildman–Crippen LogP) is -0.562. The molecule has 0 radical (unpaired) electrons. The fraction of sp³-hybridized carbons (Fsp3) is 0.500. The smallest absolute Gasteiger partial charge is 0.326 e. The number of imidazole rings is 1. The normalized spacial score (nSPS) is 11.7. The van der Waals surface area contributed by atoms with Gasteiger partial charge >= 0.3 is 5.97 Å². The maximum Gasteiger partial charge on any atom is 0.326 e. The van der Waals surface area contributed by atoms with Gasteiger partial charge in [-0.3, -0.25) is 9.59 Å². The standard InChI is InChI=1S/C12H18N4O4/c1-2-10(17)14-4-3-11(18)16-9(12(19)20)5-8-6-13-7-15-8/h6-7,9H,2-5H2,1H3,(H,13,15)(H,14,17)(H,16,18)(H,19,20)/t9-/m0/s1. The molecule has 1 heterocycles. The Bertz CT molecular complexity index is 458. The van der Waals surface area contributed by atoms with Gasteiger partial charge in [-0.2, -0.15) is 0 Å². The van der Waals surface area contributed by atoms with Gasteiger partial charge in [0.1, 0.15) is 6.04 Å². The fourth-order valence-corrected chi connectivity index (χ4v) is 1.52. The highest BCUT2D eigenvalue weighted by Crippen LogP contribution is 1.99. The number of carboxylic acid groups (broad SMARTS) is 1. The Morgan fingerprint density at radius 3 is 2.70 bits per heavy atom. The topological polar surface area (TPSA) is 124 Å². The van der Waals surface area contributed by atoms with Crippen molar-refractivity contribution in [1.29, 1.82) is 0 Å². The minimum atomic E-state index is -1.12. The van der Waals surface area contributed by atoms with Gasteiger partial charge in [-0.05, 0) is 0 Å². The summed E-state index contributed by atoms with van der Waals surface area (Å²) in [5.74, 6) is -1.69. The summed E-state index contributed by atoms with van der Waals surface area (Å²) in [7, 11) is 0. The number of H-pyrrole nitrogens is 1. The zero-order chi connectivity index (χ0) is 15.0. The first-order valence-corrected chi connectivity index (χ1v) is 6.29. The molecule has 0 spiro atoms. The largest absolute Gasteiger partial charge is 0.480 e. The molecule has 0 unspecified atom stereocenters. The molecule has 8 heteroatoms. The monoisotopic (exact) mass is 282 g/mol. The summed E-state index contributed by atoms with van der Waals surface area (Å²) in [6, 6.07) is -1.02. The van der Waals surface area contributed by atoms with E-state index in [0.717, 1.165) is 0 Å². The quantitative estimate of drug-likeness (QED) is 0.508. The van der Waals surface area contributed by atoms with Crippen LogP contribution in [0.5, 0.6) is 0 Å². The number of carbonyl (C=O) groups excluding carboxylic acids is 2. The molecular weight excluding hydrogens is 264 g/mol. The van der Waals surface area contributed by atoms with Gasteiger partial charge in [-0.25, -0.2) is 9.78 Å². The van der Waals surface area contributed by atoms with Gasteiger partial charge < -0.3 is 20.7 Å². The van der Waals surface area contributed by atoms with Crippen LogP contribution in [0.1, 0.15) is 25.5 Å². The number of hydrogen-bond acceptors (Lipinski definition) is 4. The van der Waals surface area contributed by atoms with Crippen LogP contribution in [-0.4, -0.2) is 45.4 Å². The molecule has 1 atom stereocenters. The number of aliphatic carboxylic acids is 1. The molecule has 0 saturated carbocycles. The lowest BCUT2D eigenvalue weighted by Crippen LogP contribution is -2.43. The molecule has 0 aliphatic rings. The number of nitrogens with zero attached hydrogens (tertiary/aromatic N) is 1. The molecule has 0 aromatic carbocycles. The number of hydrogen-bond donors (Lipinski definition) is 4. The Labute approximate surface area is 116 Å². The zero-order valence-electron chi connectivity index (χ0n) is 11.2. The van der Waals surface area contributed by atoms with Crippen LogP contribution in [0.3, 0.4) is 0 Å². The maximum atomic E-state index is 11.6. The Morgan fingerprint density at radius 2 is 2.15 bits per heavy atom. The van der Waals surface area contributed by atoms with Crippen LogP contribution in [0.25, 0.3) is 0 Å². The van der Waals surface area contributed by atoms with E-state index >= 15 is 0 Å². The van der Waals surface area contributed by atoms with Gasteiger partial charge in [0.15, 0.2) is 0 Å². The number of nitrogens with one attached hydrogen (secondary N) is 3. The second-order valence-corrected chi connectivity index (χ2v) is 4.19. The first-order chi connectivity index (χ1) is 9.52. The summed E-state index contributed by atoms with van der Waals surface area (Å²) in [5, 5.41) is 14.0. The predicted molar refractivity (Wildman–Crippen MR) is 69.8 cm³/mol. The SMILES string of the molecule is CCC(=O)NCCC(=O)N[C@@H](Cc1cnc[nH]1)C(=O)O. The second-order valence-electron chi connectivity index (χ2n) is 4.19. The van der Waals surface area contributed by atoms with Gasteiger partial charge in [0.25, 0.3) is 0 Å². The van der Waals surface area contributed by atoms with Crippen LogP contribution >= 0.6 is 0 Å². The van der Waals surface area contributed by atoms with Crippen molar-refractivity contribution >= 4 is 17.8 Å². The fourth-order valence-electron chi connectivity index (χ4n) is 1.52. The Morgan fingerprint density at radius 1 is 1.40 bits per heavy atom. The van der Waals surface area contributed by atoms with Crippen LogP contribution in [0.15, 0.2) is 12.5 Å². The molecule has 1 aromatic rings. The molecule has 0 aliphatic carbocycles. The van der Waals surface area contributed by atoms with Gasteiger partial charge in [-0.1, -0.05) is 6.92 Å². The molecule has 0 saturated heterocycles. The van der Waals surface area contributed by atoms with Crippen molar-refractivity contribution in [2.75, 3.05) is 6.54 Å². The van der Waals surface area contributed by atoms with Crippen molar-refractivity contribution in [3.63, 3.8) is 0 Å². The highest BCUT2D eigenvalue weighted by atomic mass is 16.4. The molecule has 4 N–H and O–H groups in total. The van der Waals surface area contributed by atoms with Crippen molar-refractivity contribution in [2.24, 2.45) is 0 Å². The van der Waals surface area contributed by atoms with Gasteiger partial charge in [0.2, 0.25) is 11.8 Å². The number of rotatable bonds is 8. The van der Waals surface area contributed by atoms with Crippen LogP contribution in [0, 0.1) is 0 Å². The van der Waals surface area contributed by atoms with Crippen molar-refractivity contribution in [3.05, 3.63) is 18.2 Å². The van der Waals surface area contributed by atoms with E-state index in [0.29, 0.717) is 12.1 Å². The van der Waals surface area contributed by atoms with Gasteiger partial charge in [0.05, 0.1) is 6.33 Å². The van der Waals surface area contributed by atoms with Crippen LogP contribution in [0.2, 0.25) is 0 Å². The molecule has 0 bridgehead atoms. The summed E-state index contributed by atoms with van der Waals surface area (Å²) in [5.41, 5.74) is 0.622. The van der Waals surface area contributed by atoms with E-state index in [2.05, 4.69) is 20.6 Å². The lowest BCUT2D eigenvalue weighted by Gasteiger charge is -2.13. The van der Waals surface area contributed by atoms with E-state index < -0.39 is 17.9 Å². The van der Waals surface area contributed by atoms with Gasteiger partial charge in [0, 0.05) is 37.7 Å². The first kappa shape index (κ1) is 15.7. The highest BCUT2D eigenvalue weighted by Gasteiger charge is 2.20.